The lowest BCUT2D eigenvalue weighted by molar-refractivity contribution is -0.122. The molecule has 0 bridgehead atoms. The topological polar surface area (TPSA) is 58.6 Å². The Kier molecular flexibility index (Phi) is 3.76. The van der Waals surface area contributed by atoms with Gasteiger partial charge in [0.2, 0.25) is 0 Å². The number of nitrogens with one attached hydrogen (secondary N) is 1. The van der Waals surface area contributed by atoms with Crippen LogP contribution < -0.4 is 10.1 Å². The molecule has 5 nitrogen and oxygen atoms in total. The second kappa shape index (κ2) is 5.32. The number of hydrogen-bond acceptors (Lipinski definition) is 3. The fraction of sp³-hybridized carbons (Fsp3) is 0.231. The minimum absolute atomic E-state index is 0.215. The van der Waals surface area contributed by atoms with Gasteiger partial charge in [-0.05, 0) is 31.2 Å². The van der Waals surface area contributed by atoms with E-state index in [2.05, 4.69) is 5.32 Å². The number of halogens is 1. The maximum Gasteiger partial charge on any atom is 0.328 e. The first kappa shape index (κ1) is 13.4. The van der Waals surface area contributed by atoms with Gasteiger partial charge in [0.05, 0.1) is 7.11 Å². The third-order valence-corrected chi connectivity index (χ3v) is 3.01. The highest BCUT2D eigenvalue weighted by molar-refractivity contribution is 6.30. The van der Waals surface area contributed by atoms with Crippen molar-refractivity contribution < 1.29 is 14.3 Å². The molecule has 0 atom stereocenters. The molecule has 0 spiro atoms. The van der Waals surface area contributed by atoms with Gasteiger partial charge in [0.15, 0.2) is 0 Å². The average molecular weight is 281 g/mol. The summed E-state index contributed by atoms with van der Waals surface area (Å²) in [5.41, 5.74) is 0.851. The number of methoxy groups -OCH3 is 1. The number of amides is 3. The van der Waals surface area contributed by atoms with Crippen LogP contribution in [0.4, 0.5) is 4.79 Å². The molecule has 1 N–H and O–H groups in total. The van der Waals surface area contributed by atoms with Crippen LogP contribution in [0.15, 0.2) is 23.9 Å². The molecule has 6 heteroatoms. The Morgan fingerprint density at radius 3 is 2.74 bits per heavy atom. The zero-order valence-electron chi connectivity index (χ0n) is 10.6. The van der Waals surface area contributed by atoms with E-state index in [1.165, 1.54) is 7.11 Å². The van der Waals surface area contributed by atoms with Crippen LogP contribution in [0.5, 0.6) is 5.75 Å². The molecule has 0 unspecified atom stereocenters. The van der Waals surface area contributed by atoms with Gasteiger partial charge in [0, 0.05) is 17.1 Å². The maximum absolute atomic E-state index is 11.9. The molecule has 0 aromatic heterocycles. The van der Waals surface area contributed by atoms with Gasteiger partial charge in [-0.15, -0.1) is 0 Å². The van der Waals surface area contributed by atoms with Crippen LogP contribution in [-0.4, -0.2) is 30.5 Å². The minimum atomic E-state index is -0.417. The lowest BCUT2D eigenvalue weighted by Crippen LogP contribution is -2.30. The Morgan fingerprint density at radius 1 is 1.42 bits per heavy atom. The Balaban J connectivity index is 2.40. The van der Waals surface area contributed by atoms with E-state index < -0.39 is 6.03 Å². The minimum Gasteiger partial charge on any atom is -0.496 e. The Bertz CT molecular complexity index is 569. The number of carbonyl (C=O) groups excluding carboxylic acids is 2. The van der Waals surface area contributed by atoms with Crippen molar-refractivity contribution in [2.24, 2.45) is 0 Å². The van der Waals surface area contributed by atoms with E-state index >= 15 is 0 Å². The predicted molar refractivity (Wildman–Crippen MR) is 71.9 cm³/mol. The summed E-state index contributed by atoms with van der Waals surface area (Å²) < 4.78 is 5.19. The van der Waals surface area contributed by atoms with Crippen LogP contribution in [0, 0.1) is 0 Å². The van der Waals surface area contributed by atoms with Gasteiger partial charge in [-0.1, -0.05) is 11.6 Å². The standard InChI is InChI=1S/C13H13ClN2O3/c1-3-16-12(17)10(15-13(16)18)7-8-6-9(14)4-5-11(8)19-2/h4-7H,3H2,1-2H3,(H,15,18)/b10-7+. The summed E-state index contributed by atoms with van der Waals surface area (Å²) in [5.74, 6) is 0.225. The quantitative estimate of drug-likeness (QED) is 0.682. The first-order valence-corrected chi connectivity index (χ1v) is 6.12. The SMILES string of the molecule is CCN1C(=O)N/C(=C/c2cc(Cl)ccc2OC)C1=O. The van der Waals surface area contributed by atoms with Crippen molar-refractivity contribution in [1.82, 2.24) is 10.2 Å². The Morgan fingerprint density at radius 2 is 2.16 bits per heavy atom. The Labute approximate surface area is 115 Å². The average Bonchev–Trinajstić information content (AvgIpc) is 2.64. The molecule has 1 saturated heterocycles. The molecule has 100 valence electrons. The van der Waals surface area contributed by atoms with Crippen LogP contribution in [0.3, 0.4) is 0 Å². The molecular formula is C13H13ClN2O3. The van der Waals surface area contributed by atoms with E-state index in [0.29, 0.717) is 22.9 Å². The van der Waals surface area contributed by atoms with Gasteiger partial charge >= 0.3 is 6.03 Å². The van der Waals surface area contributed by atoms with E-state index in [-0.39, 0.29) is 11.6 Å². The lowest BCUT2D eigenvalue weighted by atomic mass is 10.1. The van der Waals surface area contributed by atoms with E-state index in [1.807, 2.05) is 0 Å². The third kappa shape index (κ3) is 2.56. The van der Waals surface area contributed by atoms with E-state index in [0.717, 1.165) is 4.90 Å². The van der Waals surface area contributed by atoms with Crippen LogP contribution in [0.25, 0.3) is 6.08 Å². The molecule has 1 aromatic carbocycles. The van der Waals surface area contributed by atoms with Crippen LogP contribution in [0.2, 0.25) is 5.02 Å². The van der Waals surface area contributed by atoms with Crippen molar-refractivity contribution in [3.63, 3.8) is 0 Å². The summed E-state index contributed by atoms with van der Waals surface area (Å²) in [4.78, 5) is 24.6. The normalized spacial score (nSPS) is 17.0. The highest BCUT2D eigenvalue weighted by atomic mass is 35.5. The van der Waals surface area contributed by atoms with Gasteiger partial charge < -0.3 is 10.1 Å². The van der Waals surface area contributed by atoms with Crippen molar-refractivity contribution in [1.29, 1.82) is 0 Å². The fourth-order valence-electron chi connectivity index (χ4n) is 1.83. The molecule has 0 saturated carbocycles. The highest BCUT2D eigenvalue weighted by Crippen LogP contribution is 2.25. The number of carbonyl (C=O) groups is 2. The number of nitrogens with zero attached hydrogens (tertiary/aromatic N) is 1. The predicted octanol–water partition coefficient (Wildman–Crippen LogP) is 2.26. The highest BCUT2D eigenvalue weighted by Gasteiger charge is 2.32. The van der Waals surface area contributed by atoms with E-state index in [9.17, 15) is 9.59 Å². The molecule has 0 radical (unpaired) electrons. The molecule has 3 amide bonds. The molecule has 1 aliphatic rings. The van der Waals surface area contributed by atoms with Gasteiger partial charge in [-0.2, -0.15) is 0 Å². The number of hydrogen-bond donors (Lipinski definition) is 1. The lowest BCUT2D eigenvalue weighted by Gasteiger charge is -2.07. The number of urea groups is 1. The molecule has 1 aromatic rings. The van der Waals surface area contributed by atoms with Crippen molar-refractivity contribution >= 4 is 29.6 Å². The number of ether oxygens (including phenoxy) is 1. The smallest absolute Gasteiger partial charge is 0.328 e. The van der Waals surface area contributed by atoms with Crippen LogP contribution >= 0.6 is 11.6 Å². The summed E-state index contributed by atoms with van der Waals surface area (Å²) in [6.07, 6.45) is 1.56. The molecule has 1 fully saturated rings. The first-order valence-electron chi connectivity index (χ1n) is 5.75. The summed E-state index contributed by atoms with van der Waals surface area (Å²) >= 11 is 5.91. The fourth-order valence-corrected chi connectivity index (χ4v) is 2.01. The number of rotatable bonds is 3. The van der Waals surface area contributed by atoms with Crippen molar-refractivity contribution in [2.75, 3.05) is 13.7 Å². The summed E-state index contributed by atoms with van der Waals surface area (Å²) in [6, 6.07) is 4.64. The van der Waals surface area contributed by atoms with Gasteiger partial charge in [0.1, 0.15) is 11.4 Å². The molecule has 19 heavy (non-hydrogen) atoms. The van der Waals surface area contributed by atoms with Crippen molar-refractivity contribution in [2.45, 2.75) is 6.92 Å². The molecular weight excluding hydrogens is 268 g/mol. The summed E-state index contributed by atoms with van der Waals surface area (Å²) in [5, 5.41) is 3.05. The monoisotopic (exact) mass is 280 g/mol. The molecule has 0 aliphatic carbocycles. The van der Waals surface area contributed by atoms with Crippen LogP contribution in [-0.2, 0) is 4.79 Å². The van der Waals surface area contributed by atoms with E-state index in [4.69, 9.17) is 16.3 Å². The molecule has 2 rings (SSSR count). The molecule has 1 aliphatic heterocycles. The van der Waals surface area contributed by atoms with Crippen LogP contribution in [0.1, 0.15) is 12.5 Å². The number of benzene rings is 1. The third-order valence-electron chi connectivity index (χ3n) is 2.77. The zero-order valence-corrected chi connectivity index (χ0v) is 11.3. The zero-order chi connectivity index (χ0) is 14.0. The largest absolute Gasteiger partial charge is 0.496 e. The van der Waals surface area contributed by atoms with Gasteiger partial charge in [-0.3, -0.25) is 9.69 Å². The number of likely N-dealkylation sites (N-methyl/N-ethyl adjacent to an activating group) is 1. The maximum atomic E-state index is 11.9. The van der Waals surface area contributed by atoms with Crippen molar-refractivity contribution in [3.05, 3.63) is 34.5 Å². The summed E-state index contributed by atoms with van der Waals surface area (Å²) in [6.45, 7) is 2.06. The van der Waals surface area contributed by atoms with Gasteiger partial charge in [-0.25, -0.2) is 4.79 Å². The van der Waals surface area contributed by atoms with E-state index in [1.54, 1.807) is 31.2 Å². The second-order valence-corrected chi connectivity index (χ2v) is 4.36. The first-order chi connectivity index (χ1) is 9.06. The van der Waals surface area contributed by atoms with Crippen molar-refractivity contribution in [3.8, 4) is 5.75 Å². The summed E-state index contributed by atoms with van der Waals surface area (Å²) in [7, 11) is 1.53. The Hall–Kier alpha value is -2.01. The second-order valence-electron chi connectivity index (χ2n) is 3.92. The number of imide groups is 1. The van der Waals surface area contributed by atoms with Gasteiger partial charge in [0.25, 0.3) is 5.91 Å². The molecule has 1 heterocycles.